The second-order valence-electron chi connectivity index (χ2n) is 6.73. The molecule has 1 aliphatic heterocycles. The number of carbonyl (C=O) groups is 4. The van der Waals surface area contributed by atoms with Crippen LogP contribution in [0.5, 0.6) is 0 Å². The summed E-state index contributed by atoms with van der Waals surface area (Å²) in [4.78, 5) is 51.5. The number of nitrogens with zero attached hydrogens (tertiary/aromatic N) is 2. The number of hydroxylamine groups is 2. The Bertz CT molecular complexity index is 882. The molecule has 0 unspecified atom stereocenters. The first-order valence-corrected chi connectivity index (χ1v) is 9.64. The maximum atomic E-state index is 12.1. The van der Waals surface area contributed by atoms with Crippen LogP contribution < -0.4 is 5.32 Å². The summed E-state index contributed by atoms with van der Waals surface area (Å²) >= 11 is 0. The number of anilines is 1. The van der Waals surface area contributed by atoms with Gasteiger partial charge in [0.05, 0.1) is 0 Å². The van der Waals surface area contributed by atoms with Crippen molar-refractivity contribution in [2.24, 2.45) is 0 Å². The molecule has 1 heterocycles. The molecule has 0 aliphatic carbocycles. The average Bonchev–Trinajstić information content (AvgIpc) is 3.02. The minimum absolute atomic E-state index is 0.0442. The Morgan fingerprint density at radius 3 is 2.37 bits per heavy atom. The second kappa shape index (κ2) is 10.8. The minimum Gasteiger partial charge on any atom is -0.511 e. The molecule has 0 spiro atoms. The van der Waals surface area contributed by atoms with Crippen molar-refractivity contribution in [3.05, 3.63) is 41.2 Å². The molecule has 0 radical (unpaired) electrons. The van der Waals surface area contributed by atoms with Crippen LogP contribution >= 0.6 is 0 Å². The average molecular weight is 413 g/mol. The van der Waals surface area contributed by atoms with Crippen molar-refractivity contribution in [2.75, 3.05) is 5.32 Å². The van der Waals surface area contributed by atoms with E-state index in [1.165, 1.54) is 0 Å². The van der Waals surface area contributed by atoms with Crippen LogP contribution in [0, 0.1) is 11.3 Å². The number of benzene rings is 1. The number of amides is 3. The van der Waals surface area contributed by atoms with Crippen molar-refractivity contribution >= 4 is 29.4 Å². The van der Waals surface area contributed by atoms with Gasteiger partial charge in [0.1, 0.15) is 11.8 Å². The molecule has 0 atom stereocenters. The predicted molar refractivity (Wildman–Crippen MR) is 105 cm³/mol. The van der Waals surface area contributed by atoms with Crippen LogP contribution in [-0.4, -0.2) is 33.9 Å². The van der Waals surface area contributed by atoms with E-state index in [2.05, 4.69) is 5.32 Å². The van der Waals surface area contributed by atoms with Gasteiger partial charge in [-0.15, -0.1) is 5.06 Å². The van der Waals surface area contributed by atoms with E-state index in [1.807, 2.05) is 6.92 Å². The Labute approximate surface area is 173 Å². The SMILES string of the molecule is CCC/C(O)=C(\C#N)C(=O)Nc1ccc(CCCC(=O)ON2C(=O)CCC2=O)cc1. The van der Waals surface area contributed by atoms with E-state index >= 15 is 0 Å². The summed E-state index contributed by atoms with van der Waals surface area (Å²) in [5.74, 6) is -2.58. The maximum Gasteiger partial charge on any atom is 0.333 e. The molecule has 1 fully saturated rings. The number of carbonyl (C=O) groups excluding carboxylic acids is 4. The quantitative estimate of drug-likeness (QED) is 0.275. The van der Waals surface area contributed by atoms with Gasteiger partial charge in [-0.3, -0.25) is 14.4 Å². The molecular weight excluding hydrogens is 390 g/mol. The fourth-order valence-corrected chi connectivity index (χ4v) is 2.80. The molecule has 0 saturated carbocycles. The highest BCUT2D eigenvalue weighted by Crippen LogP contribution is 2.16. The standard InChI is InChI=1S/C21H23N3O6/c1-2-4-17(25)16(13-22)21(29)23-15-9-7-14(8-10-15)5-3-6-20(28)30-24-18(26)11-12-19(24)27/h7-10,25H,2-6,11-12H2,1H3,(H,23,29)/b17-16-. The lowest BCUT2D eigenvalue weighted by atomic mass is 10.1. The zero-order chi connectivity index (χ0) is 22.1. The molecule has 1 saturated heterocycles. The molecule has 1 aromatic rings. The Hall–Kier alpha value is -3.67. The third-order valence-corrected chi connectivity index (χ3v) is 4.37. The topological polar surface area (TPSA) is 137 Å². The van der Waals surface area contributed by atoms with E-state index in [0.717, 1.165) is 5.56 Å². The third kappa shape index (κ3) is 6.17. The van der Waals surface area contributed by atoms with Gasteiger partial charge in [-0.05, 0) is 37.0 Å². The maximum absolute atomic E-state index is 12.1. The number of rotatable bonds is 9. The Morgan fingerprint density at radius 2 is 1.80 bits per heavy atom. The Morgan fingerprint density at radius 1 is 1.17 bits per heavy atom. The van der Waals surface area contributed by atoms with Crippen molar-refractivity contribution < 1.29 is 29.1 Å². The normalized spacial score (nSPS) is 14.2. The molecule has 0 bridgehead atoms. The number of hydrogen-bond acceptors (Lipinski definition) is 7. The summed E-state index contributed by atoms with van der Waals surface area (Å²) in [6.07, 6.45) is 2.01. The fourth-order valence-electron chi connectivity index (χ4n) is 2.80. The van der Waals surface area contributed by atoms with Gasteiger partial charge < -0.3 is 15.3 Å². The molecular formula is C21H23N3O6. The van der Waals surface area contributed by atoms with E-state index in [1.54, 1.807) is 30.3 Å². The van der Waals surface area contributed by atoms with Gasteiger partial charge in [0, 0.05) is 31.4 Å². The first-order valence-electron chi connectivity index (χ1n) is 9.64. The number of allylic oxidation sites excluding steroid dienone is 1. The van der Waals surface area contributed by atoms with E-state index in [0.29, 0.717) is 30.0 Å². The molecule has 158 valence electrons. The summed E-state index contributed by atoms with van der Waals surface area (Å²) in [7, 11) is 0. The molecule has 2 N–H and O–H groups in total. The fraction of sp³-hybridized carbons (Fsp3) is 0.381. The summed E-state index contributed by atoms with van der Waals surface area (Å²) in [5.41, 5.74) is 1.06. The summed E-state index contributed by atoms with van der Waals surface area (Å²) in [6, 6.07) is 8.54. The summed E-state index contributed by atoms with van der Waals surface area (Å²) in [6.45, 7) is 1.83. The first-order chi connectivity index (χ1) is 14.3. The van der Waals surface area contributed by atoms with Crippen molar-refractivity contribution in [1.29, 1.82) is 5.26 Å². The monoisotopic (exact) mass is 413 g/mol. The lowest BCUT2D eigenvalue weighted by Crippen LogP contribution is -2.31. The summed E-state index contributed by atoms with van der Waals surface area (Å²) in [5, 5.41) is 21.9. The zero-order valence-electron chi connectivity index (χ0n) is 16.6. The van der Waals surface area contributed by atoms with Crippen LogP contribution in [0.15, 0.2) is 35.6 Å². The molecule has 0 aromatic heterocycles. The third-order valence-electron chi connectivity index (χ3n) is 4.37. The van der Waals surface area contributed by atoms with Gasteiger partial charge in [0.2, 0.25) is 0 Å². The number of aryl methyl sites for hydroxylation is 1. The summed E-state index contributed by atoms with van der Waals surface area (Å²) < 4.78 is 0. The molecule has 3 amide bonds. The number of imide groups is 1. The van der Waals surface area contributed by atoms with Crippen LogP contribution in [0.4, 0.5) is 5.69 Å². The van der Waals surface area contributed by atoms with Gasteiger partial charge in [-0.1, -0.05) is 19.1 Å². The number of aliphatic hydroxyl groups excluding tert-OH is 1. The van der Waals surface area contributed by atoms with Crippen LogP contribution in [0.2, 0.25) is 0 Å². The molecule has 1 aliphatic rings. The highest BCUT2D eigenvalue weighted by atomic mass is 16.7. The number of nitriles is 1. The predicted octanol–water partition coefficient (Wildman–Crippen LogP) is 2.69. The van der Waals surface area contributed by atoms with Gasteiger partial charge in [0.25, 0.3) is 17.7 Å². The highest BCUT2D eigenvalue weighted by molar-refractivity contribution is 6.06. The van der Waals surface area contributed by atoms with E-state index < -0.39 is 23.7 Å². The Kier molecular flexibility index (Phi) is 8.11. The molecule has 1 aromatic carbocycles. The van der Waals surface area contributed by atoms with Gasteiger partial charge in [-0.2, -0.15) is 5.26 Å². The number of hydrogen-bond donors (Lipinski definition) is 2. The highest BCUT2D eigenvalue weighted by Gasteiger charge is 2.32. The smallest absolute Gasteiger partial charge is 0.333 e. The lowest BCUT2D eigenvalue weighted by molar-refractivity contribution is -0.197. The van der Waals surface area contributed by atoms with E-state index in [4.69, 9.17) is 10.1 Å². The molecule has 9 heteroatoms. The zero-order valence-corrected chi connectivity index (χ0v) is 16.6. The largest absolute Gasteiger partial charge is 0.511 e. The van der Waals surface area contributed by atoms with Crippen molar-refractivity contribution in [1.82, 2.24) is 5.06 Å². The lowest BCUT2D eigenvalue weighted by Gasteiger charge is -2.12. The van der Waals surface area contributed by atoms with E-state index in [9.17, 15) is 24.3 Å². The Balaban J connectivity index is 1.82. The van der Waals surface area contributed by atoms with Crippen LogP contribution in [0.3, 0.4) is 0 Å². The van der Waals surface area contributed by atoms with Gasteiger partial charge in [-0.25, -0.2) is 4.79 Å². The van der Waals surface area contributed by atoms with Crippen LogP contribution in [0.1, 0.15) is 51.0 Å². The number of nitrogens with one attached hydrogen (secondary N) is 1. The minimum atomic E-state index is -0.676. The first kappa shape index (κ1) is 22.6. The van der Waals surface area contributed by atoms with E-state index in [-0.39, 0.29) is 37.0 Å². The molecule has 2 rings (SSSR count). The van der Waals surface area contributed by atoms with Gasteiger partial charge in [0.15, 0.2) is 5.57 Å². The second-order valence-corrected chi connectivity index (χ2v) is 6.73. The van der Waals surface area contributed by atoms with Crippen molar-refractivity contribution in [2.45, 2.75) is 51.9 Å². The molecule has 30 heavy (non-hydrogen) atoms. The van der Waals surface area contributed by atoms with Crippen molar-refractivity contribution in [3.63, 3.8) is 0 Å². The number of aliphatic hydroxyl groups is 1. The molecule has 9 nitrogen and oxygen atoms in total. The van der Waals surface area contributed by atoms with Crippen molar-refractivity contribution in [3.8, 4) is 6.07 Å². The van der Waals surface area contributed by atoms with Crippen LogP contribution in [0.25, 0.3) is 0 Å². The van der Waals surface area contributed by atoms with Crippen LogP contribution in [-0.2, 0) is 30.4 Å². The van der Waals surface area contributed by atoms with Gasteiger partial charge >= 0.3 is 5.97 Å².